The zero-order valence-corrected chi connectivity index (χ0v) is 10.4. The van der Waals surface area contributed by atoms with E-state index in [0.29, 0.717) is 11.3 Å². The van der Waals surface area contributed by atoms with Gasteiger partial charge in [0.25, 0.3) is 0 Å². The number of esters is 1. The highest BCUT2D eigenvalue weighted by Gasteiger charge is 2.65. The van der Waals surface area contributed by atoms with Crippen LogP contribution in [0.3, 0.4) is 0 Å². The number of ether oxygens (including phenoxy) is 1. The van der Waals surface area contributed by atoms with E-state index in [4.69, 9.17) is 4.74 Å². The first-order valence-corrected chi connectivity index (χ1v) is 6.15. The van der Waals surface area contributed by atoms with Crippen molar-refractivity contribution in [3.63, 3.8) is 0 Å². The number of hydrogen-bond acceptors (Lipinski definition) is 3. The first-order valence-electron chi connectivity index (χ1n) is 6.15. The average molecular weight is 221 g/mol. The first-order chi connectivity index (χ1) is 7.35. The normalized spacial score (nSPS) is 48.6. The maximum atomic E-state index is 11.7. The zero-order chi connectivity index (χ0) is 11.7. The van der Waals surface area contributed by atoms with Crippen molar-refractivity contribution >= 4 is 11.7 Å². The van der Waals surface area contributed by atoms with Gasteiger partial charge in [-0.3, -0.25) is 4.99 Å². The summed E-state index contributed by atoms with van der Waals surface area (Å²) in [6.45, 7) is 8.46. The lowest BCUT2D eigenvalue weighted by atomic mass is 9.43. The zero-order valence-electron chi connectivity index (χ0n) is 10.4. The maximum absolute atomic E-state index is 11.7. The molecule has 3 heteroatoms. The van der Waals surface area contributed by atoms with Gasteiger partial charge in [0.1, 0.15) is 6.04 Å². The predicted octanol–water partition coefficient (Wildman–Crippen LogP) is 2.20. The Hall–Kier alpha value is -0.860. The summed E-state index contributed by atoms with van der Waals surface area (Å²) in [5.41, 5.74) is 1.01. The van der Waals surface area contributed by atoms with E-state index in [2.05, 4.69) is 25.8 Å². The molecule has 0 saturated heterocycles. The van der Waals surface area contributed by atoms with Crippen LogP contribution in [0.1, 0.15) is 40.5 Å². The molecule has 0 aromatic carbocycles. The van der Waals surface area contributed by atoms with Crippen LogP contribution in [0.4, 0.5) is 0 Å². The van der Waals surface area contributed by atoms with Gasteiger partial charge in [0.05, 0.1) is 5.71 Å². The molecule has 0 spiro atoms. The van der Waals surface area contributed by atoms with Crippen LogP contribution in [0.15, 0.2) is 4.99 Å². The van der Waals surface area contributed by atoms with Crippen molar-refractivity contribution in [2.75, 3.05) is 0 Å². The highest BCUT2D eigenvalue weighted by Crippen LogP contribution is 2.63. The summed E-state index contributed by atoms with van der Waals surface area (Å²) in [5.74, 6) is 1.02. The van der Waals surface area contributed by atoms with Gasteiger partial charge in [-0.15, -0.1) is 0 Å². The molecule has 0 unspecified atom stereocenters. The molecule has 1 aliphatic heterocycles. The Morgan fingerprint density at radius 3 is 2.69 bits per heavy atom. The van der Waals surface area contributed by atoms with E-state index in [1.54, 1.807) is 0 Å². The van der Waals surface area contributed by atoms with E-state index in [1.165, 1.54) is 6.42 Å². The van der Waals surface area contributed by atoms with Gasteiger partial charge in [-0.1, -0.05) is 13.8 Å². The minimum Gasteiger partial charge on any atom is -0.451 e. The largest absolute Gasteiger partial charge is 0.451 e. The topological polar surface area (TPSA) is 38.7 Å². The molecular weight excluding hydrogens is 202 g/mol. The molecule has 4 atom stereocenters. The SMILES string of the molecule is C[C@@H]1N=C2C[C@@H]3C[C@@H](C3(C)C)[C@]2(C)OC1=O. The lowest BCUT2D eigenvalue weighted by Gasteiger charge is -2.64. The van der Waals surface area contributed by atoms with Crippen molar-refractivity contribution in [2.24, 2.45) is 22.2 Å². The number of rotatable bonds is 0. The average Bonchev–Trinajstić information content (AvgIpc) is 2.18. The summed E-state index contributed by atoms with van der Waals surface area (Å²) in [5, 5.41) is 0. The second-order valence-electron chi connectivity index (χ2n) is 6.29. The van der Waals surface area contributed by atoms with Crippen LogP contribution < -0.4 is 0 Å². The lowest BCUT2D eigenvalue weighted by Crippen LogP contribution is -2.68. The Balaban J connectivity index is 2.04. The number of nitrogens with zero attached hydrogens (tertiary/aromatic N) is 1. The van der Waals surface area contributed by atoms with Crippen molar-refractivity contribution in [1.82, 2.24) is 0 Å². The van der Waals surface area contributed by atoms with E-state index < -0.39 is 5.60 Å². The molecule has 3 saturated carbocycles. The van der Waals surface area contributed by atoms with Crippen LogP contribution in [0.25, 0.3) is 0 Å². The van der Waals surface area contributed by atoms with Gasteiger partial charge >= 0.3 is 5.97 Å². The van der Waals surface area contributed by atoms with Crippen molar-refractivity contribution in [3.8, 4) is 0 Å². The third kappa shape index (κ3) is 0.994. The molecule has 1 heterocycles. The molecule has 88 valence electrons. The van der Waals surface area contributed by atoms with Gasteiger partial charge in [-0.2, -0.15) is 0 Å². The van der Waals surface area contributed by atoms with E-state index in [1.807, 2.05) is 6.92 Å². The standard InChI is InChI=1S/C13H19NO2/c1-7-11(15)16-13(4)9-5-8(12(9,2)3)6-10(13)14-7/h7-9H,5-6H2,1-4H3/t7-,8-,9-,13-/m0/s1. The van der Waals surface area contributed by atoms with Crippen molar-refractivity contribution in [3.05, 3.63) is 0 Å². The molecule has 2 bridgehead atoms. The number of hydrogen-bond donors (Lipinski definition) is 0. The molecule has 0 aromatic heterocycles. The number of carbonyl (C=O) groups is 1. The van der Waals surface area contributed by atoms with Crippen LogP contribution in [0.5, 0.6) is 0 Å². The fourth-order valence-electron chi connectivity index (χ4n) is 3.83. The van der Waals surface area contributed by atoms with Gasteiger partial charge in [0.2, 0.25) is 0 Å². The van der Waals surface area contributed by atoms with Crippen molar-refractivity contribution in [1.29, 1.82) is 0 Å². The minimum absolute atomic E-state index is 0.160. The fraction of sp³-hybridized carbons (Fsp3) is 0.846. The Labute approximate surface area is 96.3 Å². The van der Waals surface area contributed by atoms with Crippen LogP contribution in [0.2, 0.25) is 0 Å². The highest BCUT2D eigenvalue weighted by atomic mass is 16.6. The molecule has 16 heavy (non-hydrogen) atoms. The van der Waals surface area contributed by atoms with Crippen LogP contribution in [0, 0.1) is 17.3 Å². The number of aliphatic imine (C=N–C) groups is 1. The quantitative estimate of drug-likeness (QED) is 0.588. The third-order valence-electron chi connectivity index (χ3n) is 5.15. The third-order valence-corrected chi connectivity index (χ3v) is 5.15. The molecule has 4 aliphatic rings. The van der Waals surface area contributed by atoms with Crippen LogP contribution in [-0.4, -0.2) is 23.3 Å². The Kier molecular flexibility index (Phi) is 1.73. The van der Waals surface area contributed by atoms with Crippen LogP contribution in [-0.2, 0) is 9.53 Å². The summed E-state index contributed by atoms with van der Waals surface area (Å²) in [6.07, 6.45) is 2.20. The molecule has 4 rings (SSSR count). The Morgan fingerprint density at radius 2 is 2.06 bits per heavy atom. The molecule has 3 nitrogen and oxygen atoms in total. The van der Waals surface area contributed by atoms with E-state index in [-0.39, 0.29) is 12.0 Å². The van der Waals surface area contributed by atoms with Gasteiger partial charge in [0.15, 0.2) is 5.60 Å². The van der Waals surface area contributed by atoms with E-state index >= 15 is 0 Å². The van der Waals surface area contributed by atoms with Gasteiger partial charge < -0.3 is 4.74 Å². The summed E-state index contributed by atoms with van der Waals surface area (Å²) >= 11 is 0. The van der Waals surface area contributed by atoms with E-state index in [9.17, 15) is 4.79 Å². The number of carbonyl (C=O) groups excluding carboxylic acids is 1. The molecular formula is C13H19NO2. The van der Waals surface area contributed by atoms with Crippen molar-refractivity contribution < 1.29 is 9.53 Å². The van der Waals surface area contributed by atoms with Gasteiger partial charge in [-0.25, -0.2) is 4.79 Å². The summed E-state index contributed by atoms with van der Waals surface area (Å²) < 4.78 is 5.71. The van der Waals surface area contributed by atoms with Gasteiger partial charge in [0, 0.05) is 5.92 Å². The second-order valence-corrected chi connectivity index (χ2v) is 6.29. The summed E-state index contributed by atoms with van der Waals surface area (Å²) in [4.78, 5) is 16.2. The predicted molar refractivity (Wildman–Crippen MR) is 61.4 cm³/mol. The van der Waals surface area contributed by atoms with Crippen LogP contribution >= 0.6 is 0 Å². The fourth-order valence-corrected chi connectivity index (χ4v) is 3.83. The first kappa shape index (κ1) is 10.3. The summed E-state index contributed by atoms with van der Waals surface area (Å²) in [7, 11) is 0. The van der Waals surface area contributed by atoms with Crippen molar-refractivity contribution in [2.45, 2.75) is 52.2 Å². The Morgan fingerprint density at radius 1 is 1.38 bits per heavy atom. The maximum Gasteiger partial charge on any atom is 0.331 e. The molecule has 3 fully saturated rings. The van der Waals surface area contributed by atoms with Gasteiger partial charge in [-0.05, 0) is 38.0 Å². The lowest BCUT2D eigenvalue weighted by molar-refractivity contribution is -0.187. The monoisotopic (exact) mass is 221 g/mol. The second kappa shape index (κ2) is 2.69. The smallest absolute Gasteiger partial charge is 0.331 e. The summed E-state index contributed by atoms with van der Waals surface area (Å²) in [6, 6.07) is -0.302. The molecule has 0 aromatic rings. The molecule has 0 amide bonds. The minimum atomic E-state index is -0.415. The molecule has 0 radical (unpaired) electrons. The molecule has 0 N–H and O–H groups in total. The molecule has 3 aliphatic carbocycles. The highest BCUT2D eigenvalue weighted by molar-refractivity contribution is 6.00. The Bertz CT molecular complexity index is 399. The van der Waals surface area contributed by atoms with E-state index in [0.717, 1.165) is 18.1 Å².